The van der Waals surface area contributed by atoms with Crippen molar-refractivity contribution in [2.45, 2.75) is 30.9 Å². The monoisotopic (exact) mass is 500 g/mol. The molecule has 34 heavy (non-hydrogen) atoms. The molecule has 3 aromatic carbocycles. The smallest absolute Gasteiger partial charge is 0.264 e. The molecule has 0 fully saturated rings. The Bertz CT molecular complexity index is 1200. The highest BCUT2D eigenvalue weighted by Gasteiger charge is 2.27. The number of benzene rings is 3. The number of rotatable bonds is 11. The molecule has 0 bridgehead atoms. The Labute approximate surface area is 205 Å². The molecule has 0 saturated carbocycles. The summed E-state index contributed by atoms with van der Waals surface area (Å²) < 4.78 is 40.9. The largest absolute Gasteiger partial charge is 0.354 e. The summed E-state index contributed by atoms with van der Waals surface area (Å²) in [6.45, 7) is 4.08. The topological polar surface area (TPSA) is 66.5 Å². The minimum Gasteiger partial charge on any atom is -0.354 e. The summed E-state index contributed by atoms with van der Waals surface area (Å²) in [5.41, 5.74) is 3.91. The first-order valence-electron chi connectivity index (χ1n) is 11.0. The van der Waals surface area contributed by atoms with Crippen LogP contribution in [0.1, 0.15) is 23.1 Å². The first-order chi connectivity index (χ1) is 16.3. The maximum absolute atomic E-state index is 13.3. The fraction of sp³-hybridized carbons (Fsp3) is 0.269. The Hall–Kier alpha value is -2.84. The zero-order chi connectivity index (χ0) is 24.6. The molecule has 1 N–H and O–H groups in total. The molecule has 3 aromatic rings. The second kappa shape index (κ2) is 12.0. The summed E-state index contributed by atoms with van der Waals surface area (Å²) in [4.78, 5) is 12.6. The van der Waals surface area contributed by atoms with E-state index in [1.54, 1.807) is 36.0 Å². The van der Waals surface area contributed by atoms with E-state index in [1.807, 2.05) is 19.1 Å². The molecule has 0 aliphatic rings. The predicted molar refractivity (Wildman–Crippen MR) is 137 cm³/mol. The van der Waals surface area contributed by atoms with E-state index >= 15 is 0 Å². The summed E-state index contributed by atoms with van der Waals surface area (Å²) in [5, 5.41) is 2.82. The maximum Gasteiger partial charge on any atom is 0.264 e. The zero-order valence-corrected chi connectivity index (χ0v) is 21.0. The molecule has 180 valence electrons. The molecule has 0 heterocycles. The fourth-order valence-electron chi connectivity index (χ4n) is 3.30. The van der Waals surface area contributed by atoms with Gasteiger partial charge in [-0.2, -0.15) is 11.8 Å². The van der Waals surface area contributed by atoms with Crippen LogP contribution in [0.25, 0.3) is 0 Å². The highest BCUT2D eigenvalue weighted by molar-refractivity contribution is 7.98. The molecule has 0 aromatic heterocycles. The Morgan fingerprint density at radius 3 is 2.32 bits per heavy atom. The van der Waals surface area contributed by atoms with Gasteiger partial charge in [-0.25, -0.2) is 12.8 Å². The number of hydrogen-bond acceptors (Lipinski definition) is 4. The highest BCUT2D eigenvalue weighted by Crippen LogP contribution is 2.24. The van der Waals surface area contributed by atoms with E-state index in [9.17, 15) is 17.6 Å². The first kappa shape index (κ1) is 25.8. The van der Waals surface area contributed by atoms with E-state index in [2.05, 4.69) is 24.4 Å². The van der Waals surface area contributed by atoms with Gasteiger partial charge in [0.25, 0.3) is 10.0 Å². The fourth-order valence-corrected chi connectivity index (χ4v) is 5.76. The summed E-state index contributed by atoms with van der Waals surface area (Å²) in [5.74, 6) is 0.871. The summed E-state index contributed by atoms with van der Waals surface area (Å²) in [6, 6.07) is 19.7. The lowest BCUT2D eigenvalue weighted by Gasteiger charge is -2.24. The van der Waals surface area contributed by atoms with Gasteiger partial charge < -0.3 is 5.32 Å². The molecular formula is C26H29FN2O3S2. The molecule has 0 saturated heterocycles. The molecule has 8 heteroatoms. The number of carbonyl (C=O) groups is 1. The van der Waals surface area contributed by atoms with Gasteiger partial charge in [0.1, 0.15) is 12.4 Å². The molecule has 0 aliphatic carbocycles. The number of thioether (sulfide) groups is 1. The van der Waals surface area contributed by atoms with Crippen molar-refractivity contribution in [2.24, 2.45) is 0 Å². The minimum atomic E-state index is -4.05. The van der Waals surface area contributed by atoms with E-state index in [0.717, 1.165) is 39.9 Å². The van der Waals surface area contributed by atoms with E-state index < -0.39 is 21.7 Å². The van der Waals surface area contributed by atoms with Crippen molar-refractivity contribution in [1.29, 1.82) is 0 Å². The lowest BCUT2D eigenvalue weighted by Crippen LogP contribution is -2.41. The summed E-state index contributed by atoms with van der Waals surface area (Å²) >= 11 is 1.80. The van der Waals surface area contributed by atoms with E-state index in [-0.39, 0.29) is 11.4 Å². The van der Waals surface area contributed by atoms with Gasteiger partial charge in [-0.15, -0.1) is 0 Å². The Balaban J connectivity index is 1.59. The number of amides is 1. The lowest BCUT2D eigenvalue weighted by atomic mass is 10.1. The van der Waals surface area contributed by atoms with Crippen molar-refractivity contribution in [1.82, 2.24) is 5.32 Å². The summed E-state index contributed by atoms with van der Waals surface area (Å²) in [7, 11) is -4.05. The third kappa shape index (κ3) is 7.08. The number of anilines is 1. The van der Waals surface area contributed by atoms with Gasteiger partial charge in [0.05, 0.1) is 10.6 Å². The van der Waals surface area contributed by atoms with Gasteiger partial charge in [0.15, 0.2) is 0 Å². The van der Waals surface area contributed by atoms with Crippen molar-refractivity contribution < 1.29 is 17.6 Å². The van der Waals surface area contributed by atoms with Crippen LogP contribution in [0.4, 0.5) is 10.1 Å². The number of halogens is 1. The van der Waals surface area contributed by atoms with Gasteiger partial charge in [0, 0.05) is 12.3 Å². The van der Waals surface area contributed by atoms with Crippen LogP contribution in [0.3, 0.4) is 0 Å². The van der Waals surface area contributed by atoms with Crippen molar-refractivity contribution in [3.05, 3.63) is 95.3 Å². The van der Waals surface area contributed by atoms with E-state index in [1.165, 1.54) is 23.3 Å². The van der Waals surface area contributed by atoms with Gasteiger partial charge in [0.2, 0.25) is 5.91 Å². The number of nitrogens with zero attached hydrogens (tertiary/aromatic N) is 1. The van der Waals surface area contributed by atoms with Gasteiger partial charge in [-0.3, -0.25) is 9.10 Å². The summed E-state index contributed by atoms with van der Waals surface area (Å²) in [6.07, 6.45) is 0.775. The van der Waals surface area contributed by atoms with Gasteiger partial charge in [-0.05, 0) is 73.5 Å². The molecule has 0 radical (unpaired) electrons. The standard InChI is InChI=1S/C26H29FN2O3S2/c1-20-8-12-24(13-9-20)29(34(31,32)25-14-10-23(27)11-15-25)18-26(30)28-16-5-17-33-19-22-7-4-3-6-21(22)2/h3-4,6-15H,5,16-19H2,1-2H3,(H,28,30). The predicted octanol–water partition coefficient (Wildman–Crippen LogP) is 5.08. The Kier molecular flexibility index (Phi) is 9.12. The van der Waals surface area contributed by atoms with Gasteiger partial charge in [-0.1, -0.05) is 42.0 Å². The maximum atomic E-state index is 13.3. The SMILES string of the molecule is Cc1ccc(N(CC(=O)NCCCSCc2ccccc2C)S(=O)(=O)c2ccc(F)cc2)cc1. The molecule has 0 atom stereocenters. The van der Waals surface area contributed by atoms with Crippen molar-refractivity contribution >= 4 is 33.4 Å². The second-order valence-electron chi connectivity index (χ2n) is 7.98. The second-order valence-corrected chi connectivity index (χ2v) is 11.0. The third-order valence-corrected chi connectivity index (χ3v) is 8.20. The molecule has 1 amide bonds. The van der Waals surface area contributed by atoms with E-state index in [0.29, 0.717) is 12.2 Å². The number of sulfonamides is 1. The minimum absolute atomic E-state index is 0.0742. The number of aryl methyl sites for hydroxylation is 2. The molecule has 0 aliphatic heterocycles. The van der Waals surface area contributed by atoms with Crippen molar-refractivity contribution in [3.63, 3.8) is 0 Å². The highest BCUT2D eigenvalue weighted by atomic mass is 32.2. The number of nitrogens with one attached hydrogen (secondary N) is 1. The molecule has 0 spiro atoms. The average Bonchev–Trinajstić information content (AvgIpc) is 2.82. The van der Waals surface area contributed by atoms with Crippen LogP contribution < -0.4 is 9.62 Å². The van der Waals surface area contributed by atoms with E-state index in [4.69, 9.17) is 0 Å². The quantitative estimate of drug-likeness (QED) is 0.373. The normalized spacial score (nSPS) is 11.3. The van der Waals surface area contributed by atoms with Crippen molar-refractivity contribution in [3.8, 4) is 0 Å². The van der Waals surface area contributed by atoms with Gasteiger partial charge >= 0.3 is 0 Å². The molecule has 0 unspecified atom stereocenters. The van der Waals surface area contributed by atoms with Crippen LogP contribution in [0.2, 0.25) is 0 Å². The van der Waals surface area contributed by atoms with Crippen LogP contribution in [-0.4, -0.2) is 33.2 Å². The van der Waals surface area contributed by atoms with Crippen molar-refractivity contribution in [2.75, 3.05) is 23.1 Å². The lowest BCUT2D eigenvalue weighted by molar-refractivity contribution is -0.119. The average molecular weight is 501 g/mol. The van der Waals surface area contributed by atoms with Crippen LogP contribution in [-0.2, 0) is 20.6 Å². The Morgan fingerprint density at radius 1 is 0.971 bits per heavy atom. The Morgan fingerprint density at radius 2 is 1.65 bits per heavy atom. The third-order valence-electron chi connectivity index (χ3n) is 5.32. The molecule has 3 rings (SSSR count). The van der Waals surface area contributed by atoms with Crippen LogP contribution in [0.15, 0.2) is 77.7 Å². The molecule has 5 nitrogen and oxygen atoms in total. The van der Waals surface area contributed by atoms with Crippen LogP contribution in [0, 0.1) is 19.7 Å². The first-order valence-corrected chi connectivity index (χ1v) is 13.6. The zero-order valence-electron chi connectivity index (χ0n) is 19.3. The number of hydrogen-bond donors (Lipinski definition) is 1. The van der Waals surface area contributed by atoms with Crippen LogP contribution in [0.5, 0.6) is 0 Å². The molecular weight excluding hydrogens is 471 g/mol. The van der Waals surface area contributed by atoms with Crippen LogP contribution >= 0.6 is 11.8 Å². The number of carbonyl (C=O) groups excluding carboxylic acids is 1.